The third kappa shape index (κ3) is 3.78. The minimum atomic E-state index is -0.192. The van der Waals surface area contributed by atoms with E-state index in [-0.39, 0.29) is 5.91 Å². The number of amides is 1. The van der Waals surface area contributed by atoms with Gasteiger partial charge in [-0.3, -0.25) is 4.79 Å². The van der Waals surface area contributed by atoms with E-state index in [9.17, 15) is 4.79 Å². The van der Waals surface area contributed by atoms with Gasteiger partial charge in [0.2, 0.25) is 5.95 Å². The first-order chi connectivity index (χ1) is 11.6. The van der Waals surface area contributed by atoms with Gasteiger partial charge in [-0.1, -0.05) is 34.1 Å². The molecule has 0 aliphatic heterocycles. The quantitative estimate of drug-likeness (QED) is 0.732. The third-order valence-corrected chi connectivity index (χ3v) is 3.95. The lowest BCUT2D eigenvalue weighted by atomic mass is 10.2. The summed E-state index contributed by atoms with van der Waals surface area (Å²) in [4.78, 5) is 22.6. The summed E-state index contributed by atoms with van der Waals surface area (Å²) < 4.78 is 0.988. The summed E-state index contributed by atoms with van der Waals surface area (Å²) in [6, 6.07) is 18.7. The van der Waals surface area contributed by atoms with E-state index in [1.807, 2.05) is 54.6 Å². The van der Waals surface area contributed by atoms with E-state index in [0.29, 0.717) is 11.6 Å². The fourth-order valence-electron chi connectivity index (χ4n) is 2.14. The highest BCUT2D eigenvalue weighted by Gasteiger charge is 2.15. The molecule has 1 amide bonds. The van der Waals surface area contributed by atoms with E-state index in [2.05, 4.69) is 31.2 Å². The number of halogens is 1. The number of nitrogens with one attached hydrogen (secondary N) is 1. The normalized spacial score (nSPS) is 10.2. The molecule has 0 spiro atoms. The van der Waals surface area contributed by atoms with Gasteiger partial charge in [-0.15, -0.1) is 0 Å². The SMILES string of the molecule is CN(C(=O)c1ccnc(Nc2ccc(Br)cc2)n1)c1ccccc1. The highest BCUT2D eigenvalue weighted by molar-refractivity contribution is 9.10. The molecule has 120 valence electrons. The molecule has 0 fully saturated rings. The van der Waals surface area contributed by atoms with Gasteiger partial charge in [0, 0.05) is 29.1 Å². The van der Waals surface area contributed by atoms with Crippen molar-refractivity contribution in [2.75, 3.05) is 17.3 Å². The molecule has 0 saturated carbocycles. The first-order valence-corrected chi connectivity index (χ1v) is 8.11. The van der Waals surface area contributed by atoms with E-state index in [1.54, 1.807) is 24.2 Å². The molecule has 3 aromatic rings. The molecular formula is C18H15BrN4O. The minimum Gasteiger partial charge on any atom is -0.324 e. The Morgan fingerprint density at radius 3 is 2.46 bits per heavy atom. The molecule has 24 heavy (non-hydrogen) atoms. The van der Waals surface area contributed by atoms with Crippen molar-refractivity contribution >= 4 is 39.2 Å². The first kappa shape index (κ1) is 16.1. The van der Waals surface area contributed by atoms with Crippen LogP contribution in [0.1, 0.15) is 10.5 Å². The monoisotopic (exact) mass is 382 g/mol. The van der Waals surface area contributed by atoms with E-state index < -0.39 is 0 Å². The van der Waals surface area contributed by atoms with Crippen molar-refractivity contribution in [1.82, 2.24) is 9.97 Å². The molecular weight excluding hydrogens is 368 g/mol. The lowest BCUT2D eigenvalue weighted by molar-refractivity contribution is 0.0988. The van der Waals surface area contributed by atoms with Crippen LogP contribution in [0.3, 0.4) is 0 Å². The molecule has 1 N–H and O–H groups in total. The maximum absolute atomic E-state index is 12.6. The van der Waals surface area contributed by atoms with Gasteiger partial charge in [-0.05, 0) is 42.5 Å². The second-order valence-electron chi connectivity index (χ2n) is 5.10. The summed E-state index contributed by atoms with van der Waals surface area (Å²) in [5.74, 6) is 0.187. The number of hydrogen-bond acceptors (Lipinski definition) is 4. The summed E-state index contributed by atoms with van der Waals surface area (Å²) in [5, 5.41) is 3.09. The second kappa shape index (κ2) is 7.23. The van der Waals surface area contributed by atoms with Gasteiger partial charge in [-0.25, -0.2) is 9.97 Å². The fraction of sp³-hybridized carbons (Fsp3) is 0.0556. The van der Waals surface area contributed by atoms with Crippen molar-refractivity contribution in [2.24, 2.45) is 0 Å². The van der Waals surface area contributed by atoms with Crippen LogP contribution in [0.5, 0.6) is 0 Å². The van der Waals surface area contributed by atoms with Crippen LogP contribution < -0.4 is 10.2 Å². The Morgan fingerprint density at radius 2 is 1.75 bits per heavy atom. The van der Waals surface area contributed by atoms with Crippen LogP contribution in [0.15, 0.2) is 71.3 Å². The molecule has 3 rings (SSSR count). The molecule has 2 aromatic carbocycles. The molecule has 0 unspecified atom stereocenters. The molecule has 1 aromatic heterocycles. The number of para-hydroxylation sites is 1. The summed E-state index contributed by atoms with van der Waals surface area (Å²) >= 11 is 3.39. The Labute approximate surface area is 148 Å². The smallest absolute Gasteiger partial charge is 0.276 e. The average molecular weight is 383 g/mol. The van der Waals surface area contributed by atoms with Crippen LogP contribution in [0.4, 0.5) is 17.3 Å². The van der Waals surface area contributed by atoms with Gasteiger partial charge in [-0.2, -0.15) is 0 Å². The Balaban J connectivity index is 1.79. The van der Waals surface area contributed by atoms with E-state index >= 15 is 0 Å². The van der Waals surface area contributed by atoms with E-state index in [0.717, 1.165) is 15.8 Å². The highest BCUT2D eigenvalue weighted by atomic mass is 79.9. The van der Waals surface area contributed by atoms with Crippen molar-refractivity contribution in [2.45, 2.75) is 0 Å². The van der Waals surface area contributed by atoms with Crippen LogP contribution in [0, 0.1) is 0 Å². The predicted molar refractivity (Wildman–Crippen MR) is 98.6 cm³/mol. The Hall–Kier alpha value is -2.73. The summed E-state index contributed by atoms with van der Waals surface area (Å²) in [6.45, 7) is 0. The standard InChI is InChI=1S/C18H15BrN4O/c1-23(15-5-3-2-4-6-15)17(24)16-11-12-20-18(22-16)21-14-9-7-13(19)8-10-14/h2-12H,1H3,(H,20,21,22). The van der Waals surface area contributed by atoms with Crippen molar-refractivity contribution in [1.29, 1.82) is 0 Å². The van der Waals surface area contributed by atoms with Crippen molar-refractivity contribution in [3.8, 4) is 0 Å². The topological polar surface area (TPSA) is 58.1 Å². The molecule has 1 heterocycles. The number of anilines is 3. The molecule has 0 bridgehead atoms. The number of carbonyl (C=O) groups is 1. The molecule has 0 aliphatic rings. The van der Waals surface area contributed by atoms with Gasteiger partial charge >= 0.3 is 0 Å². The number of hydrogen-bond donors (Lipinski definition) is 1. The number of nitrogens with zero attached hydrogens (tertiary/aromatic N) is 3. The van der Waals surface area contributed by atoms with Crippen molar-refractivity contribution < 1.29 is 4.79 Å². The molecule has 0 atom stereocenters. The number of aromatic nitrogens is 2. The van der Waals surface area contributed by atoms with Crippen LogP contribution in [-0.2, 0) is 0 Å². The largest absolute Gasteiger partial charge is 0.324 e. The zero-order valence-corrected chi connectivity index (χ0v) is 14.6. The zero-order chi connectivity index (χ0) is 16.9. The summed E-state index contributed by atoms with van der Waals surface area (Å²) in [6.07, 6.45) is 1.57. The maximum Gasteiger partial charge on any atom is 0.276 e. The van der Waals surface area contributed by atoms with E-state index in [4.69, 9.17) is 0 Å². The molecule has 0 radical (unpaired) electrons. The van der Waals surface area contributed by atoms with Gasteiger partial charge < -0.3 is 10.2 Å². The second-order valence-corrected chi connectivity index (χ2v) is 6.01. The van der Waals surface area contributed by atoms with Crippen LogP contribution >= 0.6 is 15.9 Å². The van der Waals surface area contributed by atoms with Crippen LogP contribution in [-0.4, -0.2) is 22.9 Å². The molecule has 6 heteroatoms. The number of benzene rings is 2. The number of rotatable bonds is 4. The highest BCUT2D eigenvalue weighted by Crippen LogP contribution is 2.18. The van der Waals surface area contributed by atoms with E-state index in [1.165, 1.54) is 0 Å². The minimum absolute atomic E-state index is 0.192. The van der Waals surface area contributed by atoms with Crippen LogP contribution in [0.25, 0.3) is 0 Å². The van der Waals surface area contributed by atoms with Crippen molar-refractivity contribution in [3.05, 3.63) is 77.0 Å². The average Bonchev–Trinajstić information content (AvgIpc) is 2.63. The number of carbonyl (C=O) groups excluding carboxylic acids is 1. The van der Waals surface area contributed by atoms with Crippen molar-refractivity contribution in [3.63, 3.8) is 0 Å². The Bertz CT molecular complexity index is 837. The molecule has 5 nitrogen and oxygen atoms in total. The fourth-order valence-corrected chi connectivity index (χ4v) is 2.41. The maximum atomic E-state index is 12.6. The predicted octanol–water partition coefficient (Wildman–Crippen LogP) is 4.26. The Morgan fingerprint density at radius 1 is 1.04 bits per heavy atom. The Kier molecular flexibility index (Phi) is 4.86. The summed E-state index contributed by atoms with van der Waals surface area (Å²) in [7, 11) is 1.72. The van der Waals surface area contributed by atoms with Gasteiger partial charge in [0.1, 0.15) is 5.69 Å². The van der Waals surface area contributed by atoms with Gasteiger partial charge in [0.25, 0.3) is 5.91 Å². The molecule has 0 saturated heterocycles. The van der Waals surface area contributed by atoms with Gasteiger partial charge in [0.05, 0.1) is 0 Å². The van der Waals surface area contributed by atoms with Crippen LogP contribution in [0.2, 0.25) is 0 Å². The zero-order valence-electron chi connectivity index (χ0n) is 13.0. The lowest BCUT2D eigenvalue weighted by Gasteiger charge is -2.17. The summed E-state index contributed by atoms with van der Waals surface area (Å²) in [5.41, 5.74) is 1.98. The third-order valence-electron chi connectivity index (χ3n) is 3.42. The lowest BCUT2D eigenvalue weighted by Crippen LogP contribution is -2.27. The van der Waals surface area contributed by atoms with Gasteiger partial charge in [0.15, 0.2) is 0 Å². The molecule has 0 aliphatic carbocycles. The first-order valence-electron chi connectivity index (χ1n) is 7.32.